The standard InChI is InChI=1S/C25H30ClN5O3/c1-3-34-23-13-20(29-30-23)15-31(2)25(33)17-6-4-16(5-7-17)12-19-9-10-21(28-19)24(32)18-8-11-22(26)27-14-18/h4-8,11,13-14,19,21,24,28,32H,3,9-10,12,15H2,1-2H3,(H,29,30)/t19-,21+,24+/m0/s1. The van der Waals surface area contributed by atoms with E-state index in [2.05, 4.69) is 20.5 Å². The summed E-state index contributed by atoms with van der Waals surface area (Å²) in [6.45, 7) is 2.86. The van der Waals surface area contributed by atoms with Crippen molar-refractivity contribution in [1.29, 1.82) is 0 Å². The van der Waals surface area contributed by atoms with E-state index < -0.39 is 6.10 Å². The quantitative estimate of drug-likeness (QED) is 0.402. The van der Waals surface area contributed by atoms with Crippen LogP contribution in [0.15, 0.2) is 48.7 Å². The smallest absolute Gasteiger partial charge is 0.253 e. The zero-order valence-electron chi connectivity index (χ0n) is 19.4. The van der Waals surface area contributed by atoms with Crippen LogP contribution in [0.1, 0.15) is 53.0 Å². The molecule has 0 radical (unpaired) electrons. The maximum Gasteiger partial charge on any atom is 0.253 e. The number of ether oxygens (including phenoxy) is 1. The van der Waals surface area contributed by atoms with Gasteiger partial charge in [0.05, 0.1) is 24.9 Å². The monoisotopic (exact) mass is 483 g/mol. The summed E-state index contributed by atoms with van der Waals surface area (Å²) >= 11 is 5.84. The van der Waals surface area contributed by atoms with Gasteiger partial charge in [-0.2, -0.15) is 0 Å². The van der Waals surface area contributed by atoms with Crippen LogP contribution in [-0.2, 0) is 13.0 Å². The topological polar surface area (TPSA) is 103 Å². The molecule has 3 N–H and O–H groups in total. The van der Waals surface area contributed by atoms with Crippen LogP contribution in [0.25, 0.3) is 0 Å². The first kappa shape index (κ1) is 24.2. The molecule has 3 atom stereocenters. The first-order valence-corrected chi connectivity index (χ1v) is 11.9. The molecule has 1 saturated heterocycles. The average Bonchev–Trinajstić information content (AvgIpc) is 3.49. The fourth-order valence-electron chi connectivity index (χ4n) is 4.31. The van der Waals surface area contributed by atoms with Crippen molar-refractivity contribution in [3.05, 3.63) is 76.2 Å². The molecule has 8 nitrogen and oxygen atoms in total. The van der Waals surface area contributed by atoms with Crippen molar-refractivity contribution in [2.45, 2.75) is 50.9 Å². The predicted octanol–water partition coefficient (Wildman–Crippen LogP) is 3.53. The van der Waals surface area contributed by atoms with Crippen LogP contribution >= 0.6 is 11.6 Å². The van der Waals surface area contributed by atoms with Crippen LogP contribution in [0.4, 0.5) is 0 Å². The van der Waals surface area contributed by atoms with Gasteiger partial charge < -0.3 is 20.1 Å². The van der Waals surface area contributed by atoms with Gasteiger partial charge in [-0.1, -0.05) is 29.8 Å². The molecular weight excluding hydrogens is 454 g/mol. The number of carbonyl (C=O) groups is 1. The van der Waals surface area contributed by atoms with E-state index in [1.807, 2.05) is 37.3 Å². The molecule has 1 aliphatic rings. The second kappa shape index (κ2) is 11.0. The summed E-state index contributed by atoms with van der Waals surface area (Å²) in [6.07, 6.45) is 3.69. The molecule has 3 heterocycles. The first-order chi connectivity index (χ1) is 16.4. The molecule has 0 saturated carbocycles. The van der Waals surface area contributed by atoms with Crippen LogP contribution in [0.3, 0.4) is 0 Å². The summed E-state index contributed by atoms with van der Waals surface area (Å²) in [6, 6.07) is 13.3. The summed E-state index contributed by atoms with van der Waals surface area (Å²) in [5.41, 5.74) is 3.36. The molecule has 0 spiro atoms. The molecule has 0 unspecified atom stereocenters. The Labute approximate surface area is 204 Å². The number of hydrogen-bond acceptors (Lipinski definition) is 6. The van der Waals surface area contributed by atoms with Crippen LogP contribution < -0.4 is 10.1 Å². The second-order valence-electron chi connectivity index (χ2n) is 8.63. The van der Waals surface area contributed by atoms with E-state index in [0.717, 1.165) is 36.1 Å². The fourth-order valence-corrected chi connectivity index (χ4v) is 4.43. The third-order valence-electron chi connectivity index (χ3n) is 6.09. The van der Waals surface area contributed by atoms with Crippen molar-refractivity contribution in [1.82, 2.24) is 25.4 Å². The van der Waals surface area contributed by atoms with Crippen LogP contribution in [0.5, 0.6) is 5.88 Å². The van der Waals surface area contributed by atoms with E-state index in [1.165, 1.54) is 0 Å². The Kier molecular flexibility index (Phi) is 7.82. The highest BCUT2D eigenvalue weighted by atomic mass is 35.5. The zero-order valence-corrected chi connectivity index (χ0v) is 20.1. The molecule has 2 aromatic heterocycles. The number of aliphatic hydroxyl groups excluding tert-OH is 1. The van der Waals surface area contributed by atoms with Crippen molar-refractivity contribution in [2.24, 2.45) is 0 Å². The number of carbonyl (C=O) groups excluding carboxylic acids is 1. The molecule has 34 heavy (non-hydrogen) atoms. The van der Waals surface area contributed by atoms with Gasteiger partial charge in [-0.25, -0.2) is 4.98 Å². The largest absolute Gasteiger partial charge is 0.477 e. The third kappa shape index (κ3) is 5.94. The molecule has 9 heteroatoms. The van der Waals surface area contributed by atoms with Gasteiger partial charge in [0.25, 0.3) is 5.91 Å². The molecule has 3 aromatic rings. The highest BCUT2D eigenvalue weighted by Crippen LogP contribution is 2.27. The summed E-state index contributed by atoms with van der Waals surface area (Å²) in [7, 11) is 1.77. The lowest BCUT2D eigenvalue weighted by Gasteiger charge is -2.20. The third-order valence-corrected chi connectivity index (χ3v) is 6.31. The number of amides is 1. The van der Waals surface area contributed by atoms with Crippen molar-refractivity contribution in [3.8, 4) is 5.88 Å². The van der Waals surface area contributed by atoms with E-state index in [9.17, 15) is 9.90 Å². The summed E-state index contributed by atoms with van der Waals surface area (Å²) in [4.78, 5) is 18.5. The van der Waals surface area contributed by atoms with Gasteiger partial charge in [-0.3, -0.25) is 9.89 Å². The normalized spacial score (nSPS) is 18.6. The number of H-pyrrole nitrogens is 1. The molecule has 0 aliphatic carbocycles. The van der Waals surface area contributed by atoms with Gasteiger partial charge >= 0.3 is 0 Å². The Hall–Kier alpha value is -2.94. The maximum atomic E-state index is 12.8. The number of nitrogens with one attached hydrogen (secondary N) is 2. The fraction of sp³-hybridized carbons (Fsp3) is 0.400. The van der Waals surface area contributed by atoms with Gasteiger partial charge in [0.2, 0.25) is 5.88 Å². The van der Waals surface area contributed by atoms with Gasteiger partial charge in [0, 0.05) is 42.5 Å². The highest BCUT2D eigenvalue weighted by Gasteiger charge is 2.30. The number of aromatic amines is 1. The number of halogens is 1. The Morgan fingerprint density at radius 1 is 1.26 bits per heavy atom. The lowest BCUT2D eigenvalue weighted by atomic mass is 10.0. The van der Waals surface area contributed by atoms with Gasteiger partial charge in [0.1, 0.15) is 5.15 Å². The van der Waals surface area contributed by atoms with Gasteiger partial charge in [-0.15, -0.1) is 5.10 Å². The molecule has 1 fully saturated rings. The van der Waals surface area contributed by atoms with Crippen molar-refractivity contribution in [3.63, 3.8) is 0 Å². The summed E-state index contributed by atoms with van der Waals surface area (Å²) in [5.74, 6) is 0.473. The molecule has 1 aromatic carbocycles. The Morgan fingerprint density at radius 2 is 2.06 bits per heavy atom. The molecular formula is C25H30ClN5O3. The lowest BCUT2D eigenvalue weighted by Crippen LogP contribution is -2.35. The Balaban J connectivity index is 1.29. The number of pyridine rings is 1. The second-order valence-corrected chi connectivity index (χ2v) is 9.02. The molecule has 4 rings (SSSR count). The predicted molar refractivity (Wildman–Crippen MR) is 130 cm³/mol. The van der Waals surface area contributed by atoms with Crippen molar-refractivity contribution < 1.29 is 14.6 Å². The van der Waals surface area contributed by atoms with Crippen LogP contribution in [0, 0.1) is 0 Å². The van der Waals surface area contributed by atoms with E-state index >= 15 is 0 Å². The Morgan fingerprint density at radius 3 is 2.76 bits per heavy atom. The number of nitrogens with zero attached hydrogens (tertiary/aromatic N) is 3. The van der Waals surface area contributed by atoms with E-state index in [1.54, 1.807) is 30.3 Å². The molecule has 0 bridgehead atoms. The van der Waals surface area contributed by atoms with Crippen molar-refractivity contribution in [2.75, 3.05) is 13.7 Å². The molecule has 180 valence electrons. The van der Waals surface area contributed by atoms with Crippen LogP contribution in [-0.4, -0.2) is 56.8 Å². The number of aliphatic hydroxyl groups is 1. The van der Waals surface area contributed by atoms with Crippen molar-refractivity contribution >= 4 is 17.5 Å². The maximum absolute atomic E-state index is 12.8. The first-order valence-electron chi connectivity index (χ1n) is 11.5. The summed E-state index contributed by atoms with van der Waals surface area (Å²) in [5, 5.41) is 21.6. The number of hydrogen-bond donors (Lipinski definition) is 3. The average molecular weight is 484 g/mol. The molecule has 1 amide bonds. The minimum Gasteiger partial charge on any atom is -0.477 e. The number of aromatic nitrogens is 3. The zero-order chi connectivity index (χ0) is 24.1. The minimum absolute atomic E-state index is 0.0202. The minimum atomic E-state index is -0.621. The molecule has 1 aliphatic heterocycles. The summed E-state index contributed by atoms with van der Waals surface area (Å²) < 4.78 is 5.35. The Bertz CT molecular complexity index is 1090. The number of benzene rings is 1. The van der Waals surface area contributed by atoms with Gasteiger partial charge in [0.15, 0.2) is 0 Å². The number of rotatable bonds is 9. The lowest BCUT2D eigenvalue weighted by molar-refractivity contribution is 0.0783. The van der Waals surface area contributed by atoms with Crippen LogP contribution in [0.2, 0.25) is 5.15 Å². The van der Waals surface area contributed by atoms with Gasteiger partial charge in [-0.05, 0) is 49.9 Å². The highest BCUT2D eigenvalue weighted by molar-refractivity contribution is 6.29. The van der Waals surface area contributed by atoms with E-state index in [-0.39, 0.29) is 18.0 Å². The SMILES string of the molecule is CCOc1cc(CN(C)C(=O)c2ccc(C[C@@H]3CC[C@H]([C@H](O)c4ccc(Cl)nc4)N3)cc2)[nH]n1. The van der Waals surface area contributed by atoms with E-state index in [0.29, 0.717) is 29.7 Å². The van der Waals surface area contributed by atoms with E-state index in [4.69, 9.17) is 16.3 Å².